The Bertz CT molecular complexity index is 1360. The summed E-state index contributed by atoms with van der Waals surface area (Å²) < 4.78 is 14.0. The van der Waals surface area contributed by atoms with Crippen LogP contribution in [0.2, 0.25) is 5.02 Å². The zero-order valence-electron chi connectivity index (χ0n) is 25.8. The van der Waals surface area contributed by atoms with Gasteiger partial charge in [-0.1, -0.05) is 64.3 Å². The summed E-state index contributed by atoms with van der Waals surface area (Å²) in [6.45, 7) is 8.88. The number of hydrogen-bond donors (Lipinski definition) is 1. The summed E-state index contributed by atoms with van der Waals surface area (Å²) in [6.07, 6.45) is 5.65. The van der Waals surface area contributed by atoms with E-state index in [1.807, 2.05) is 17.0 Å². The molecular weight excluding hydrogens is 580 g/mol. The van der Waals surface area contributed by atoms with Crippen molar-refractivity contribution >= 4 is 35.1 Å². The van der Waals surface area contributed by atoms with Crippen LogP contribution in [0.25, 0.3) is 0 Å². The molecule has 2 aliphatic rings. The molecule has 1 saturated carbocycles. The molecule has 0 radical (unpaired) electrons. The number of carbonyl (C=O) groups is 3. The van der Waals surface area contributed by atoms with Gasteiger partial charge < -0.3 is 20.1 Å². The van der Waals surface area contributed by atoms with E-state index in [-0.39, 0.29) is 70.8 Å². The van der Waals surface area contributed by atoms with Gasteiger partial charge in [0.25, 0.3) is 11.8 Å². The third kappa shape index (κ3) is 7.70. The second-order valence-electron chi connectivity index (χ2n) is 12.2. The molecule has 0 bridgehead atoms. The molecule has 1 aliphatic carbocycles. The first-order valence-corrected chi connectivity index (χ1v) is 15.3. The number of nitrogens with one attached hydrogen (secondary N) is 1. The SMILES string of the molecule is CCC[C@H](c1ccc(C(=O)NCCC(=O)[O-])cc1)N1C(=O)C(c2ccc(F)c(Cl)c2)=NC12CCC(C(C)(C)CC)CC2.[Na+]. The molecule has 4 rings (SSSR count). The maximum absolute atomic E-state index is 14.3. The van der Waals surface area contributed by atoms with E-state index in [1.54, 1.807) is 18.2 Å². The number of carboxylic acids is 1. The van der Waals surface area contributed by atoms with Gasteiger partial charge in [-0.25, -0.2) is 4.39 Å². The Morgan fingerprint density at radius 3 is 2.37 bits per heavy atom. The fourth-order valence-electron chi connectivity index (χ4n) is 6.33. The molecule has 0 unspecified atom stereocenters. The molecule has 10 heteroatoms. The fraction of sp³-hybridized carbons (Fsp3) is 0.515. The minimum atomic E-state index is -1.23. The zero-order valence-corrected chi connectivity index (χ0v) is 28.6. The number of nitrogens with zero attached hydrogens (tertiary/aromatic N) is 2. The molecule has 1 aliphatic heterocycles. The predicted molar refractivity (Wildman–Crippen MR) is 160 cm³/mol. The van der Waals surface area contributed by atoms with Crippen LogP contribution in [0, 0.1) is 17.2 Å². The number of rotatable bonds is 11. The van der Waals surface area contributed by atoms with Gasteiger partial charge in [0.1, 0.15) is 17.2 Å². The summed E-state index contributed by atoms with van der Waals surface area (Å²) in [7, 11) is 0. The van der Waals surface area contributed by atoms with Gasteiger partial charge >= 0.3 is 29.6 Å². The first-order chi connectivity index (χ1) is 19.9. The average molecular weight is 620 g/mol. The molecule has 0 aromatic heterocycles. The van der Waals surface area contributed by atoms with Crippen molar-refractivity contribution in [2.75, 3.05) is 6.54 Å². The summed E-state index contributed by atoms with van der Waals surface area (Å²) in [5.74, 6) is -1.83. The molecule has 43 heavy (non-hydrogen) atoms. The Kier molecular flexibility index (Phi) is 12.0. The molecule has 7 nitrogen and oxygen atoms in total. The molecule has 2 amide bonds. The largest absolute Gasteiger partial charge is 1.00 e. The predicted octanol–water partition coefficient (Wildman–Crippen LogP) is 2.85. The van der Waals surface area contributed by atoms with Crippen LogP contribution < -0.4 is 40.0 Å². The van der Waals surface area contributed by atoms with E-state index in [4.69, 9.17) is 16.6 Å². The van der Waals surface area contributed by atoms with Gasteiger partial charge in [0, 0.05) is 30.1 Å². The second-order valence-corrected chi connectivity index (χ2v) is 12.6. The third-order valence-corrected chi connectivity index (χ3v) is 9.52. The molecule has 1 heterocycles. The van der Waals surface area contributed by atoms with Gasteiger partial charge in [0.05, 0.1) is 11.1 Å². The third-order valence-electron chi connectivity index (χ3n) is 9.23. The van der Waals surface area contributed by atoms with Crippen molar-refractivity contribution in [2.45, 2.75) is 90.8 Å². The van der Waals surface area contributed by atoms with Gasteiger partial charge in [-0.2, -0.15) is 0 Å². The van der Waals surface area contributed by atoms with Crippen molar-refractivity contribution in [1.82, 2.24) is 10.2 Å². The number of benzene rings is 2. The molecule has 1 fully saturated rings. The van der Waals surface area contributed by atoms with E-state index >= 15 is 0 Å². The Balaban J connectivity index is 0.00000506. The van der Waals surface area contributed by atoms with Crippen LogP contribution in [-0.4, -0.2) is 40.6 Å². The molecule has 2 aromatic carbocycles. The van der Waals surface area contributed by atoms with E-state index in [0.717, 1.165) is 44.1 Å². The van der Waals surface area contributed by atoms with E-state index in [1.165, 1.54) is 12.1 Å². The monoisotopic (exact) mass is 619 g/mol. The number of hydrogen-bond acceptors (Lipinski definition) is 5. The maximum atomic E-state index is 14.3. The Labute approximate surface area is 281 Å². The van der Waals surface area contributed by atoms with Crippen molar-refractivity contribution in [3.8, 4) is 0 Å². The number of carboxylic acid groups (broad SMARTS) is 1. The van der Waals surface area contributed by atoms with Crippen LogP contribution in [0.1, 0.15) is 107 Å². The molecule has 1 atom stereocenters. The summed E-state index contributed by atoms with van der Waals surface area (Å²) in [6, 6.07) is 11.1. The Morgan fingerprint density at radius 1 is 1.16 bits per heavy atom. The number of aliphatic imine (C=N–C) groups is 1. The number of amides is 2. The Hall–Kier alpha value is -2.26. The standard InChI is InChI=1S/C33H41ClFN3O4.Na/c1-5-7-27(21-8-10-22(11-9-21)30(41)36-19-16-28(39)40)38-31(42)29(23-12-13-26(35)25(34)20-23)37-33(38)17-14-24(15-18-33)32(3,4)6-2;/h8-13,20,24,27H,5-7,14-19H2,1-4H3,(H,36,41)(H,39,40);/q;+1/p-1/t24?,27-,33?;/m1./s1. The summed E-state index contributed by atoms with van der Waals surface area (Å²) in [5.41, 5.74) is 1.55. The van der Waals surface area contributed by atoms with Crippen molar-refractivity contribution in [2.24, 2.45) is 16.3 Å². The first kappa shape index (κ1) is 35.2. The number of aliphatic carboxylic acids is 1. The van der Waals surface area contributed by atoms with Gasteiger partial charge in [-0.15, -0.1) is 0 Å². The molecule has 226 valence electrons. The molecular formula is C33H40ClFN3NaO4. The minimum absolute atomic E-state index is 0. The van der Waals surface area contributed by atoms with Crippen LogP contribution >= 0.6 is 11.6 Å². The quantitative estimate of drug-likeness (QED) is 0.391. The molecule has 1 N–H and O–H groups in total. The average Bonchev–Trinajstić information content (AvgIpc) is 3.24. The van der Waals surface area contributed by atoms with E-state index in [2.05, 4.69) is 33.0 Å². The van der Waals surface area contributed by atoms with Gasteiger partial charge in [0.2, 0.25) is 0 Å². The van der Waals surface area contributed by atoms with Crippen LogP contribution in [-0.2, 0) is 9.59 Å². The van der Waals surface area contributed by atoms with Crippen molar-refractivity contribution in [3.63, 3.8) is 0 Å². The molecule has 0 saturated heterocycles. The van der Waals surface area contributed by atoms with Crippen molar-refractivity contribution < 1.29 is 53.4 Å². The molecule has 1 spiro atoms. The minimum Gasteiger partial charge on any atom is -0.550 e. The van der Waals surface area contributed by atoms with E-state index in [9.17, 15) is 23.9 Å². The van der Waals surface area contributed by atoms with E-state index < -0.39 is 17.4 Å². The first-order valence-electron chi connectivity index (χ1n) is 14.9. The van der Waals surface area contributed by atoms with Gasteiger partial charge in [-0.05, 0) is 79.3 Å². The van der Waals surface area contributed by atoms with Crippen molar-refractivity contribution in [1.29, 1.82) is 0 Å². The summed E-state index contributed by atoms with van der Waals surface area (Å²) in [5, 5.41) is 13.2. The Morgan fingerprint density at radius 2 is 1.81 bits per heavy atom. The fourth-order valence-corrected chi connectivity index (χ4v) is 6.51. The summed E-state index contributed by atoms with van der Waals surface area (Å²) in [4.78, 5) is 44.6. The van der Waals surface area contributed by atoms with Gasteiger partial charge in [-0.3, -0.25) is 14.6 Å². The maximum Gasteiger partial charge on any atom is 1.00 e. The van der Waals surface area contributed by atoms with E-state index in [0.29, 0.717) is 29.2 Å². The van der Waals surface area contributed by atoms with Crippen LogP contribution in [0.15, 0.2) is 47.5 Å². The van der Waals surface area contributed by atoms with Crippen molar-refractivity contribution in [3.05, 3.63) is 70.0 Å². The molecule has 2 aromatic rings. The van der Waals surface area contributed by atoms with Crippen LogP contribution in [0.5, 0.6) is 0 Å². The smallest absolute Gasteiger partial charge is 0.550 e. The normalized spacial score (nSPS) is 20.9. The van der Waals surface area contributed by atoms with Crippen LogP contribution in [0.4, 0.5) is 4.39 Å². The zero-order chi connectivity index (χ0) is 30.7. The second kappa shape index (κ2) is 14.7. The van der Waals surface area contributed by atoms with Crippen LogP contribution in [0.3, 0.4) is 0 Å². The number of halogens is 2. The number of carbonyl (C=O) groups excluding carboxylic acids is 3. The van der Waals surface area contributed by atoms with Gasteiger partial charge in [0.15, 0.2) is 0 Å². The topological polar surface area (TPSA) is 102 Å². The summed E-state index contributed by atoms with van der Waals surface area (Å²) >= 11 is 6.11.